The fraction of sp³-hybridized carbons (Fsp3) is 0.100. The van der Waals surface area contributed by atoms with Crippen molar-refractivity contribution in [1.29, 1.82) is 0 Å². The highest BCUT2D eigenvalue weighted by Gasteiger charge is 2.46. The zero-order valence-corrected chi connectivity index (χ0v) is 13.0. The van der Waals surface area contributed by atoms with Crippen molar-refractivity contribution >= 4 is 0 Å². The van der Waals surface area contributed by atoms with Crippen molar-refractivity contribution < 1.29 is 0 Å². The van der Waals surface area contributed by atoms with Gasteiger partial charge in [0.15, 0.2) is 0 Å². The molecular weight excluding hydrogens is 296 g/mol. The van der Waals surface area contributed by atoms with Crippen molar-refractivity contribution in [3.63, 3.8) is 0 Å². The monoisotopic (exact) mass is 312 g/mol. The van der Waals surface area contributed by atoms with Crippen LogP contribution in [0.5, 0.6) is 0 Å². The molecule has 0 saturated heterocycles. The maximum Gasteiger partial charge on any atom is 0.203 e. The van der Waals surface area contributed by atoms with E-state index in [1.165, 1.54) is 0 Å². The summed E-state index contributed by atoms with van der Waals surface area (Å²) in [6.07, 6.45) is -0.426. The molecule has 4 nitrogen and oxygen atoms in total. The number of benzene rings is 3. The molecule has 116 valence electrons. The van der Waals surface area contributed by atoms with Crippen molar-refractivity contribution in [1.82, 2.24) is 0 Å². The first kappa shape index (κ1) is 14.5. The lowest BCUT2D eigenvalue weighted by Crippen LogP contribution is -2.39. The van der Waals surface area contributed by atoms with E-state index in [0.29, 0.717) is 0 Å². The lowest BCUT2D eigenvalue weighted by molar-refractivity contribution is 0.487. The Balaban J connectivity index is 2.07. The van der Waals surface area contributed by atoms with Crippen LogP contribution in [-0.4, -0.2) is 6.17 Å². The fourth-order valence-electron chi connectivity index (χ4n) is 3.39. The van der Waals surface area contributed by atoms with Crippen LogP contribution in [0.25, 0.3) is 0 Å². The normalized spacial score (nSPS) is 14.2. The molecule has 0 unspecified atom stereocenters. The summed E-state index contributed by atoms with van der Waals surface area (Å²) in [5.41, 5.74) is 2.79. The van der Waals surface area contributed by atoms with Crippen LogP contribution >= 0.6 is 0 Å². The zero-order valence-electron chi connectivity index (χ0n) is 13.0. The maximum absolute atomic E-state index is 4.33. The molecule has 0 spiro atoms. The number of hydrogen-bond donors (Lipinski definition) is 0. The first-order valence-electron chi connectivity index (χ1n) is 7.89. The third-order valence-corrected chi connectivity index (χ3v) is 4.44. The van der Waals surface area contributed by atoms with Crippen LogP contribution in [0.2, 0.25) is 0 Å². The second-order valence-corrected chi connectivity index (χ2v) is 5.69. The van der Waals surface area contributed by atoms with E-state index in [1.54, 1.807) is 0 Å². The molecule has 0 amide bonds. The largest absolute Gasteiger partial charge is 0.203 e. The number of hydrogen-bond acceptors (Lipinski definition) is 4. The van der Waals surface area contributed by atoms with E-state index in [9.17, 15) is 0 Å². The minimum atomic E-state index is -0.562. The minimum absolute atomic E-state index is 0.426. The van der Waals surface area contributed by atoms with E-state index in [1.807, 2.05) is 54.6 Å². The topological polar surface area (TPSA) is 49.4 Å². The van der Waals surface area contributed by atoms with Gasteiger partial charge in [0.2, 0.25) is 6.17 Å². The van der Waals surface area contributed by atoms with Crippen molar-refractivity contribution in [3.05, 3.63) is 108 Å². The van der Waals surface area contributed by atoms with Crippen LogP contribution in [0.15, 0.2) is 112 Å². The van der Waals surface area contributed by atoms with Crippen LogP contribution in [0.4, 0.5) is 0 Å². The molecule has 0 saturated carbocycles. The summed E-state index contributed by atoms with van der Waals surface area (Å²) in [5, 5.41) is 16.2. The number of nitrogens with zero attached hydrogens (tertiary/aromatic N) is 4. The molecule has 3 aromatic carbocycles. The van der Waals surface area contributed by atoms with Gasteiger partial charge >= 0.3 is 0 Å². The van der Waals surface area contributed by atoms with Crippen molar-refractivity contribution in [3.8, 4) is 0 Å². The first-order valence-corrected chi connectivity index (χ1v) is 7.89. The quantitative estimate of drug-likeness (QED) is 0.596. The lowest BCUT2D eigenvalue weighted by atomic mass is 9.67. The molecule has 0 radical (unpaired) electrons. The van der Waals surface area contributed by atoms with Gasteiger partial charge in [-0.15, -0.1) is 10.2 Å². The van der Waals surface area contributed by atoms with Crippen LogP contribution in [0, 0.1) is 0 Å². The Bertz CT molecular complexity index is 749. The molecular formula is C20H16N4. The fourth-order valence-corrected chi connectivity index (χ4v) is 3.39. The predicted octanol–water partition coefficient (Wildman–Crippen LogP) is 5.18. The molecule has 0 atom stereocenters. The van der Waals surface area contributed by atoms with E-state index < -0.39 is 11.6 Å². The van der Waals surface area contributed by atoms with Gasteiger partial charge in [0.25, 0.3) is 0 Å². The van der Waals surface area contributed by atoms with Gasteiger partial charge < -0.3 is 0 Å². The van der Waals surface area contributed by atoms with Gasteiger partial charge in [-0.1, -0.05) is 91.0 Å². The van der Waals surface area contributed by atoms with E-state index in [4.69, 9.17) is 0 Å². The van der Waals surface area contributed by atoms with Crippen molar-refractivity contribution in [2.24, 2.45) is 20.7 Å². The molecule has 4 rings (SSSR count). The van der Waals surface area contributed by atoms with Gasteiger partial charge in [-0.25, -0.2) is 0 Å². The van der Waals surface area contributed by atoms with Crippen LogP contribution < -0.4 is 0 Å². The third-order valence-electron chi connectivity index (χ3n) is 4.44. The van der Waals surface area contributed by atoms with E-state index in [-0.39, 0.29) is 0 Å². The molecule has 4 heteroatoms. The SMILES string of the molecule is c1ccc(C(c2ccccc2)(c2ccccc2)C2N=NN=N2)cc1. The van der Waals surface area contributed by atoms with Crippen molar-refractivity contribution in [2.75, 3.05) is 0 Å². The smallest absolute Gasteiger partial charge is 0.136 e. The summed E-state index contributed by atoms with van der Waals surface area (Å²) in [7, 11) is 0. The molecule has 0 aromatic heterocycles. The van der Waals surface area contributed by atoms with Crippen LogP contribution in [0.3, 0.4) is 0 Å². The Morgan fingerprint density at radius 1 is 0.500 bits per heavy atom. The predicted molar refractivity (Wildman–Crippen MR) is 92.7 cm³/mol. The van der Waals surface area contributed by atoms with Crippen LogP contribution in [0.1, 0.15) is 16.7 Å². The Morgan fingerprint density at radius 3 is 1.17 bits per heavy atom. The molecule has 0 N–H and O–H groups in total. The Kier molecular flexibility index (Phi) is 3.71. The summed E-state index contributed by atoms with van der Waals surface area (Å²) in [6.45, 7) is 0. The van der Waals surface area contributed by atoms with E-state index in [2.05, 4.69) is 57.1 Å². The van der Waals surface area contributed by atoms with Gasteiger partial charge in [-0.05, 0) is 27.1 Å². The van der Waals surface area contributed by atoms with Gasteiger partial charge in [0, 0.05) is 0 Å². The lowest BCUT2D eigenvalue weighted by Gasteiger charge is -2.36. The second kappa shape index (κ2) is 6.16. The molecule has 0 aliphatic carbocycles. The van der Waals surface area contributed by atoms with Crippen molar-refractivity contribution in [2.45, 2.75) is 11.6 Å². The Morgan fingerprint density at radius 2 is 0.833 bits per heavy atom. The number of rotatable bonds is 4. The molecule has 3 aromatic rings. The van der Waals surface area contributed by atoms with E-state index in [0.717, 1.165) is 16.7 Å². The summed E-state index contributed by atoms with van der Waals surface area (Å²) in [6, 6.07) is 31.0. The van der Waals surface area contributed by atoms with Gasteiger partial charge in [-0.2, -0.15) is 0 Å². The Hall–Kier alpha value is -3.14. The van der Waals surface area contributed by atoms with Gasteiger partial charge in [0.1, 0.15) is 0 Å². The summed E-state index contributed by atoms with van der Waals surface area (Å²) < 4.78 is 0. The molecule has 0 bridgehead atoms. The molecule has 24 heavy (non-hydrogen) atoms. The van der Waals surface area contributed by atoms with Gasteiger partial charge in [0.05, 0.1) is 5.41 Å². The van der Waals surface area contributed by atoms with Gasteiger partial charge in [-0.3, -0.25) is 0 Å². The zero-order chi connectivity index (χ0) is 16.2. The van der Waals surface area contributed by atoms with E-state index >= 15 is 0 Å². The second-order valence-electron chi connectivity index (χ2n) is 5.69. The maximum atomic E-state index is 4.33. The molecule has 1 heterocycles. The molecule has 1 aliphatic rings. The summed E-state index contributed by atoms with van der Waals surface area (Å²) in [4.78, 5) is 0. The summed E-state index contributed by atoms with van der Waals surface area (Å²) in [5.74, 6) is 0. The third kappa shape index (κ3) is 2.24. The average Bonchev–Trinajstić information content (AvgIpc) is 3.20. The highest BCUT2D eigenvalue weighted by Crippen LogP contribution is 2.45. The molecule has 0 fully saturated rings. The minimum Gasteiger partial charge on any atom is -0.136 e. The highest BCUT2D eigenvalue weighted by molar-refractivity contribution is 5.52. The highest BCUT2D eigenvalue weighted by atomic mass is 15.6. The first-order chi connectivity index (χ1) is 11.9. The average molecular weight is 312 g/mol. The Labute approximate surface area is 140 Å². The standard InChI is InChI=1S/C20H16N4/c1-4-10-16(11-5-1)20(19-21-23-24-22-19,17-12-6-2-7-13-17)18-14-8-3-9-15-18/h1-15,19H. The summed E-state index contributed by atoms with van der Waals surface area (Å²) >= 11 is 0. The van der Waals surface area contributed by atoms with Crippen LogP contribution in [-0.2, 0) is 5.41 Å². The molecule has 1 aliphatic heterocycles.